The predicted molar refractivity (Wildman–Crippen MR) is 61.2 cm³/mol. The second kappa shape index (κ2) is 5.87. The summed E-state index contributed by atoms with van der Waals surface area (Å²) in [6.45, 7) is 0.645. The first-order valence-electron chi connectivity index (χ1n) is 5.10. The minimum atomic E-state index is -1.38. The van der Waals surface area contributed by atoms with Crippen molar-refractivity contribution < 1.29 is 24.5 Å². The molecule has 0 spiro atoms. The van der Waals surface area contributed by atoms with Crippen LogP contribution in [0, 0.1) is 20.2 Å². The van der Waals surface area contributed by atoms with Gasteiger partial charge in [0.15, 0.2) is 0 Å². The Morgan fingerprint density at radius 2 is 2.00 bits per heavy atom. The van der Waals surface area contributed by atoms with Gasteiger partial charge in [0, 0.05) is 6.07 Å². The van der Waals surface area contributed by atoms with E-state index in [1.807, 2.05) is 0 Å². The van der Waals surface area contributed by atoms with E-state index in [1.54, 1.807) is 0 Å². The third kappa shape index (κ3) is 3.45. The van der Waals surface area contributed by atoms with Crippen LogP contribution < -0.4 is 0 Å². The molecule has 0 aliphatic rings. The molecule has 19 heavy (non-hydrogen) atoms. The van der Waals surface area contributed by atoms with Gasteiger partial charge in [-0.05, 0) is 13.0 Å². The molecule has 0 fully saturated rings. The Balaban J connectivity index is 3.07. The fourth-order valence-corrected chi connectivity index (χ4v) is 1.32. The maximum absolute atomic E-state index is 11.0. The minimum absolute atomic E-state index is 0.117. The van der Waals surface area contributed by atoms with Crippen molar-refractivity contribution in [2.45, 2.75) is 19.6 Å². The van der Waals surface area contributed by atoms with E-state index >= 15 is 0 Å². The molecule has 0 amide bonds. The summed E-state index contributed by atoms with van der Waals surface area (Å²) >= 11 is 0. The van der Waals surface area contributed by atoms with E-state index in [0.29, 0.717) is 0 Å². The van der Waals surface area contributed by atoms with Crippen LogP contribution in [0.4, 0.5) is 11.4 Å². The van der Waals surface area contributed by atoms with E-state index in [-0.39, 0.29) is 5.56 Å². The lowest BCUT2D eigenvalue weighted by Gasteiger charge is -2.07. The molecule has 1 unspecified atom stereocenters. The normalized spacial score (nSPS) is 11.7. The molecule has 0 saturated heterocycles. The summed E-state index contributed by atoms with van der Waals surface area (Å²) in [6.07, 6.45) is -1.38. The van der Waals surface area contributed by atoms with Gasteiger partial charge in [-0.2, -0.15) is 0 Å². The topological polar surface area (TPSA) is 133 Å². The number of nitrogens with zero attached hydrogens (tertiary/aromatic N) is 2. The molecule has 9 heteroatoms. The summed E-state index contributed by atoms with van der Waals surface area (Å²) in [6, 6.07) is 3.47. The van der Waals surface area contributed by atoms with Crippen LogP contribution in [0.1, 0.15) is 12.5 Å². The number of rotatable bonds is 5. The van der Waals surface area contributed by atoms with Crippen molar-refractivity contribution in [1.82, 2.24) is 0 Å². The first-order valence-corrected chi connectivity index (χ1v) is 5.10. The van der Waals surface area contributed by atoms with Crippen LogP contribution in [0.5, 0.6) is 0 Å². The summed E-state index contributed by atoms with van der Waals surface area (Å²) in [5.41, 5.74) is -1.53. The SMILES string of the molecule is CC(O)C(=O)OCc1cccc([N+](=O)[O-])c1[N+](=O)[O-]. The average molecular weight is 270 g/mol. The van der Waals surface area contributed by atoms with Gasteiger partial charge in [0.1, 0.15) is 12.7 Å². The highest BCUT2D eigenvalue weighted by molar-refractivity contribution is 5.74. The van der Waals surface area contributed by atoms with Crippen molar-refractivity contribution in [3.8, 4) is 0 Å². The molecule has 1 aromatic rings. The molecule has 0 radical (unpaired) electrons. The van der Waals surface area contributed by atoms with Crippen molar-refractivity contribution in [1.29, 1.82) is 0 Å². The number of carbonyl (C=O) groups is 1. The van der Waals surface area contributed by atoms with Crippen LogP contribution in [0.15, 0.2) is 18.2 Å². The van der Waals surface area contributed by atoms with Crippen molar-refractivity contribution in [2.75, 3.05) is 0 Å². The van der Waals surface area contributed by atoms with Crippen LogP contribution in [0.25, 0.3) is 0 Å². The quantitative estimate of drug-likeness (QED) is 0.477. The van der Waals surface area contributed by atoms with Crippen LogP contribution in [-0.4, -0.2) is 27.0 Å². The fourth-order valence-electron chi connectivity index (χ4n) is 1.32. The van der Waals surface area contributed by atoms with Gasteiger partial charge in [-0.15, -0.1) is 0 Å². The maximum atomic E-state index is 11.0. The highest BCUT2D eigenvalue weighted by Crippen LogP contribution is 2.30. The van der Waals surface area contributed by atoms with E-state index in [1.165, 1.54) is 19.1 Å². The Hall–Kier alpha value is -2.55. The largest absolute Gasteiger partial charge is 0.459 e. The Morgan fingerprint density at radius 3 is 2.47 bits per heavy atom. The number of benzene rings is 1. The Bertz CT molecular complexity index is 527. The van der Waals surface area contributed by atoms with Crippen molar-refractivity contribution in [3.63, 3.8) is 0 Å². The number of nitro groups is 2. The molecule has 1 N–H and O–H groups in total. The first-order chi connectivity index (χ1) is 8.84. The molecule has 1 aromatic carbocycles. The molecular formula is C10H10N2O7. The summed E-state index contributed by atoms with van der Waals surface area (Å²) in [4.78, 5) is 30.8. The maximum Gasteiger partial charge on any atom is 0.352 e. The van der Waals surface area contributed by atoms with Crippen LogP contribution in [0.2, 0.25) is 0 Å². The van der Waals surface area contributed by atoms with Crippen LogP contribution >= 0.6 is 0 Å². The van der Waals surface area contributed by atoms with Gasteiger partial charge in [0.2, 0.25) is 0 Å². The Kier molecular flexibility index (Phi) is 4.48. The highest BCUT2D eigenvalue weighted by atomic mass is 16.6. The Morgan fingerprint density at radius 1 is 1.37 bits per heavy atom. The number of aliphatic hydroxyl groups is 1. The van der Waals surface area contributed by atoms with Gasteiger partial charge in [-0.1, -0.05) is 6.07 Å². The van der Waals surface area contributed by atoms with Crippen LogP contribution in [-0.2, 0) is 16.1 Å². The zero-order chi connectivity index (χ0) is 14.6. The molecule has 0 aliphatic heterocycles. The second-order valence-corrected chi connectivity index (χ2v) is 3.58. The molecule has 0 aliphatic carbocycles. The molecule has 0 bridgehead atoms. The number of hydrogen-bond acceptors (Lipinski definition) is 7. The molecular weight excluding hydrogens is 260 g/mol. The van der Waals surface area contributed by atoms with E-state index < -0.39 is 39.9 Å². The number of esters is 1. The second-order valence-electron chi connectivity index (χ2n) is 3.58. The van der Waals surface area contributed by atoms with E-state index in [2.05, 4.69) is 4.74 Å². The predicted octanol–water partition coefficient (Wildman–Crippen LogP) is 0.927. The van der Waals surface area contributed by atoms with Crippen molar-refractivity contribution in [3.05, 3.63) is 44.0 Å². The molecule has 1 rings (SSSR count). The minimum Gasteiger partial charge on any atom is -0.459 e. The zero-order valence-electron chi connectivity index (χ0n) is 9.81. The lowest BCUT2D eigenvalue weighted by Crippen LogP contribution is -2.19. The van der Waals surface area contributed by atoms with Gasteiger partial charge in [0.25, 0.3) is 0 Å². The molecule has 0 saturated carbocycles. The number of nitro benzene ring substituents is 2. The van der Waals surface area contributed by atoms with Gasteiger partial charge in [-0.25, -0.2) is 4.79 Å². The number of carbonyl (C=O) groups excluding carboxylic acids is 1. The number of aliphatic hydroxyl groups excluding tert-OH is 1. The van der Waals surface area contributed by atoms with Crippen LogP contribution in [0.3, 0.4) is 0 Å². The van der Waals surface area contributed by atoms with Gasteiger partial charge < -0.3 is 9.84 Å². The summed E-state index contributed by atoms with van der Waals surface area (Å²) in [5, 5.41) is 30.4. The number of para-hydroxylation sites is 1. The number of ether oxygens (including phenoxy) is 1. The summed E-state index contributed by atoms with van der Waals surface area (Å²) < 4.78 is 4.60. The first kappa shape index (κ1) is 14.5. The number of hydrogen-bond donors (Lipinski definition) is 1. The van der Waals surface area contributed by atoms with E-state index in [4.69, 9.17) is 5.11 Å². The third-order valence-electron chi connectivity index (χ3n) is 2.19. The zero-order valence-corrected chi connectivity index (χ0v) is 9.81. The van der Waals surface area contributed by atoms with Crippen molar-refractivity contribution in [2.24, 2.45) is 0 Å². The fraction of sp³-hybridized carbons (Fsp3) is 0.300. The van der Waals surface area contributed by atoms with E-state index in [0.717, 1.165) is 6.07 Å². The standard InChI is InChI=1S/C10H10N2O7/c1-6(13)10(14)19-5-7-3-2-4-8(11(15)16)9(7)12(17)18/h2-4,6,13H,5H2,1H3. The third-order valence-corrected chi connectivity index (χ3v) is 2.19. The smallest absolute Gasteiger partial charge is 0.352 e. The molecule has 0 heterocycles. The van der Waals surface area contributed by atoms with E-state index in [9.17, 15) is 25.0 Å². The molecule has 1 atom stereocenters. The lowest BCUT2D eigenvalue weighted by molar-refractivity contribution is -0.423. The average Bonchev–Trinajstić information content (AvgIpc) is 2.34. The van der Waals surface area contributed by atoms with Gasteiger partial charge in [0.05, 0.1) is 15.4 Å². The molecule has 0 aromatic heterocycles. The van der Waals surface area contributed by atoms with Gasteiger partial charge in [-0.3, -0.25) is 20.2 Å². The van der Waals surface area contributed by atoms with Crippen molar-refractivity contribution >= 4 is 17.3 Å². The summed E-state index contributed by atoms with van der Waals surface area (Å²) in [5.74, 6) is -0.971. The molecule has 102 valence electrons. The lowest BCUT2D eigenvalue weighted by atomic mass is 10.1. The Labute approximate surface area is 106 Å². The monoisotopic (exact) mass is 270 g/mol. The summed E-state index contributed by atoms with van der Waals surface area (Å²) in [7, 11) is 0. The molecule has 9 nitrogen and oxygen atoms in total. The highest BCUT2D eigenvalue weighted by Gasteiger charge is 2.28. The van der Waals surface area contributed by atoms with Gasteiger partial charge >= 0.3 is 17.3 Å².